The first-order valence-corrected chi connectivity index (χ1v) is 13.1. The Balaban J connectivity index is 1.48. The van der Waals surface area contributed by atoms with Crippen molar-refractivity contribution in [2.75, 3.05) is 50.2 Å². The SMILES string of the molecule is COc1cccc(N2CCN(C(=O)[C@H](CCS(C)(=O)=O)N3Cc4ccccc4C3=O)CC2)c1. The number of carbonyl (C=O) groups is 2. The number of sulfone groups is 1. The van der Waals surface area contributed by atoms with Crippen molar-refractivity contribution in [1.82, 2.24) is 9.80 Å². The molecule has 2 amide bonds. The molecule has 2 aromatic rings. The van der Waals surface area contributed by atoms with E-state index in [0.29, 0.717) is 38.3 Å². The molecule has 0 unspecified atom stereocenters. The predicted octanol–water partition coefficient (Wildman–Crippen LogP) is 1.80. The van der Waals surface area contributed by atoms with E-state index in [2.05, 4.69) is 4.90 Å². The molecule has 1 saturated heterocycles. The second-order valence-electron chi connectivity index (χ2n) is 8.54. The highest BCUT2D eigenvalue weighted by Crippen LogP contribution is 2.27. The molecule has 2 aliphatic heterocycles. The third-order valence-electron chi connectivity index (χ3n) is 6.28. The molecule has 2 heterocycles. The molecule has 0 radical (unpaired) electrons. The van der Waals surface area contributed by atoms with Crippen LogP contribution in [0.4, 0.5) is 5.69 Å². The van der Waals surface area contributed by atoms with Crippen molar-refractivity contribution in [3.8, 4) is 5.75 Å². The van der Waals surface area contributed by atoms with Crippen LogP contribution in [-0.4, -0.2) is 81.4 Å². The van der Waals surface area contributed by atoms with E-state index in [1.165, 1.54) is 4.90 Å². The van der Waals surface area contributed by atoms with Crippen molar-refractivity contribution in [3.63, 3.8) is 0 Å². The van der Waals surface area contributed by atoms with Gasteiger partial charge in [-0.25, -0.2) is 8.42 Å². The van der Waals surface area contributed by atoms with Crippen LogP contribution in [0.25, 0.3) is 0 Å². The zero-order valence-corrected chi connectivity index (χ0v) is 19.8. The monoisotopic (exact) mass is 471 g/mol. The van der Waals surface area contributed by atoms with Gasteiger partial charge in [-0.05, 0) is 30.2 Å². The fourth-order valence-corrected chi connectivity index (χ4v) is 5.12. The van der Waals surface area contributed by atoms with Gasteiger partial charge in [0.15, 0.2) is 0 Å². The fourth-order valence-electron chi connectivity index (χ4n) is 4.47. The normalized spacial score (nSPS) is 17.2. The summed E-state index contributed by atoms with van der Waals surface area (Å²) in [5, 5.41) is 0. The summed E-state index contributed by atoms with van der Waals surface area (Å²) in [7, 11) is -1.65. The van der Waals surface area contributed by atoms with Gasteiger partial charge in [0.1, 0.15) is 21.6 Å². The molecule has 8 nitrogen and oxygen atoms in total. The highest BCUT2D eigenvalue weighted by Gasteiger charge is 2.39. The number of carbonyl (C=O) groups excluding carboxylic acids is 2. The number of fused-ring (bicyclic) bond motifs is 1. The largest absolute Gasteiger partial charge is 0.497 e. The quantitative estimate of drug-likeness (QED) is 0.612. The first-order chi connectivity index (χ1) is 15.8. The molecule has 0 bridgehead atoms. The number of piperazine rings is 1. The van der Waals surface area contributed by atoms with Crippen LogP contribution in [-0.2, 0) is 21.2 Å². The molecule has 33 heavy (non-hydrogen) atoms. The second kappa shape index (κ2) is 9.43. The molecular formula is C24H29N3O5S. The van der Waals surface area contributed by atoms with Crippen LogP contribution in [0.15, 0.2) is 48.5 Å². The molecular weight excluding hydrogens is 442 g/mol. The molecule has 9 heteroatoms. The van der Waals surface area contributed by atoms with Crippen LogP contribution < -0.4 is 9.64 Å². The highest BCUT2D eigenvalue weighted by atomic mass is 32.2. The summed E-state index contributed by atoms with van der Waals surface area (Å²) in [5.41, 5.74) is 2.47. The van der Waals surface area contributed by atoms with Gasteiger partial charge in [-0.3, -0.25) is 9.59 Å². The second-order valence-corrected chi connectivity index (χ2v) is 10.8. The first kappa shape index (κ1) is 23.1. The lowest BCUT2D eigenvalue weighted by atomic mass is 10.1. The third-order valence-corrected chi connectivity index (χ3v) is 7.26. The zero-order chi connectivity index (χ0) is 23.6. The van der Waals surface area contributed by atoms with E-state index < -0.39 is 15.9 Å². The summed E-state index contributed by atoms with van der Waals surface area (Å²) >= 11 is 0. The Bertz CT molecular complexity index is 1140. The summed E-state index contributed by atoms with van der Waals surface area (Å²) in [6.07, 6.45) is 1.25. The third kappa shape index (κ3) is 5.13. The number of benzene rings is 2. The number of anilines is 1. The van der Waals surface area contributed by atoms with Gasteiger partial charge in [0.05, 0.1) is 12.9 Å². The first-order valence-electron chi connectivity index (χ1n) is 11.0. The topological polar surface area (TPSA) is 87.2 Å². The lowest BCUT2D eigenvalue weighted by molar-refractivity contribution is -0.136. The summed E-state index contributed by atoms with van der Waals surface area (Å²) < 4.78 is 29.0. The van der Waals surface area contributed by atoms with Crippen LogP contribution in [0.3, 0.4) is 0 Å². The molecule has 0 spiro atoms. The molecule has 4 rings (SSSR count). The van der Waals surface area contributed by atoms with Gasteiger partial charge in [0.2, 0.25) is 5.91 Å². The number of hydrogen-bond acceptors (Lipinski definition) is 6. The number of rotatable bonds is 7. The summed E-state index contributed by atoms with van der Waals surface area (Å²) in [6, 6.07) is 14.3. The smallest absolute Gasteiger partial charge is 0.255 e. The number of nitrogens with zero attached hydrogens (tertiary/aromatic N) is 3. The molecule has 0 aromatic heterocycles. The summed E-state index contributed by atoms with van der Waals surface area (Å²) in [5.74, 6) is 0.226. The number of hydrogen-bond donors (Lipinski definition) is 0. The van der Waals surface area contributed by atoms with E-state index in [9.17, 15) is 18.0 Å². The lowest BCUT2D eigenvalue weighted by Crippen LogP contribution is -2.55. The minimum absolute atomic E-state index is 0.0908. The highest BCUT2D eigenvalue weighted by molar-refractivity contribution is 7.90. The number of methoxy groups -OCH3 is 1. The van der Waals surface area contributed by atoms with E-state index in [4.69, 9.17) is 4.74 Å². The van der Waals surface area contributed by atoms with Gasteiger partial charge >= 0.3 is 0 Å². The Hall–Kier alpha value is -3.07. The maximum Gasteiger partial charge on any atom is 0.255 e. The molecule has 1 atom stereocenters. The number of ether oxygens (including phenoxy) is 1. The molecule has 2 aliphatic rings. The van der Waals surface area contributed by atoms with Crippen molar-refractivity contribution < 1.29 is 22.7 Å². The molecule has 176 valence electrons. The van der Waals surface area contributed by atoms with Crippen molar-refractivity contribution in [2.45, 2.75) is 19.0 Å². The standard InChI is InChI=1S/C24H29N3O5S/c1-32-20-8-5-7-19(16-20)25-11-13-26(14-12-25)24(29)22(10-15-33(2,30)31)27-17-18-6-3-4-9-21(18)23(27)28/h3-9,16,22H,10-15,17H2,1-2H3/t22-/m0/s1. The van der Waals surface area contributed by atoms with Crippen LogP contribution in [0.5, 0.6) is 5.75 Å². The van der Waals surface area contributed by atoms with E-state index >= 15 is 0 Å². The zero-order valence-electron chi connectivity index (χ0n) is 18.9. The van der Waals surface area contributed by atoms with Gasteiger partial charge in [0, 0.05) is 56.3 Å². The van der Waals surface area contributed by atoms with Crippen molar-refractivity contribution >= 4 is 27.3 Å². The van der Waals surface area contributed by atoms with Crippen LogP contribution in [0, 0.1) is 0 Å². The summed E-state index contributed by atoms with van der Waals surface area (Å²) in [6.45, 7) is 2.61. The van der Waals surface area contributed by atoms with E-state index in [0.717, 1.165) is 23.3 Å². The average molecular weight is 472 g/mol. The Morgan fingerprint density at radius 2 is 1.79 bits per heavy atom. The Morgan fingerprint density at radius 1 is 1.06 bits per heavy atom. The minimum atomic E-state index is -3.28. The average Bonchev–Trinajstić information content (AvgIpc) is 3.15. The van der Waals surface area contributed by atoms with Gasteiger partial charge < -0.3 is 19.4 Å². The fraction of sp³-hybridized carbons (Fsp3) is 0.417. The van der Waals surface area contributed by atoms with Crippen molar-refractivity contribution in [2.24, 2.45) is 0 Å². The van der Waals surface area contributed by atoms with Crippen LogP contribution >= 0.6 is 0 Å². The predicted molar refractivity (Wildman–Crippen MR) is 126 cm³/mol. The van der Waals surface area contributed by atoms with Crippen molar-refractivity contribution in [1.29, 1.82) is 0 Å². The molecule has 0 aliphatic carbocycles. The van der Waals surface area contributed by atoms with Crippen LogP contribution in [0.2, 0.25) is 0 Å². The van der Waals surface area contributed by atoms with Gasteiger partial charge in [-0.1, -0.05) is 24.3 Å². The Labute approximate surface area is 194 Å². The number of amides is 2. The molecule has 0 N–H and O–H groups in total. The maximum absolute atomic E-state index is 13.5. The van der Waals surface area contributed by atoms with Gasteiger partial charge in [-0.15, -0.1) is 0 Å². The Morgan fingerprint density at radius 3 is 2.45 bits per heavy atom. The minimum Gasteiger partial charge on any atom is -0.497 e. The van der Waals surface area contributed by atoms with E-state index in [1.807, 2.05) is 36.4 Å². The van der Waals surface area contributed by atoms with Gasteiger partial charge in [-0.2, -0.15) is 0 Å². The maximum atomic E-state index is 13.5. The van der Waals surface area contributed by atoms with E-state index in [1.54, 1.807) is 24.1 Å². The van der Waals surface area contributed by atoms with Gasteiger partial charge in [0.25, 0.3) is 5.91 Å². The van der Waals surface area contributed by atoms with E-state index in [-0.39, 0.29) is 24.0 Å². The van der Waals surface area contributed by atoms with Crippen LogP contribution in [0.1, 0.15) is 22.3 Å². The van der Waals surface area contributed by atoms with Crippen molar-refractivity contribution in [3.05, 3.63) is 59.7 Å². The Kier molecular flexibility index (Phi) is 6.60. The molecule has 0 saturated carbocycles. The summed E-state index contributed by atoms with van der Waals surface area (Å²) in [4.78, 5) is 32.0. The molecule has 2 aromatic carbocycles. The lowest BCUT2D eigenvalue weighted by Gasteiger charge is -2.39. The molecule has 1 fully saturated rings.